The molecule has 4 heteroatoms. The standard InChI is InChI=1S/C46H37NO2Si/c1-46(2)39-27-33(50(3,4)5)19-22-41(39)47(40-16-10-14-29-11-8-9-15-34(29)40)42-21-18-32-23-28(17-20-35(32)43(42)46)24-38-44(48)36-25-30-12-6-7-13-31(30)26-37(36)45(38)49/h6-27H,1-5H3. The molecule has 0 fully saturated rings. The summed E-state index contributed by atoms with van der Waals surface area (Å²) >= 11 is 0. The molecule has 2 aliphatic rings. The van der Waals surface area contributed by atoms with Gasteiger partial charge in [0.2, 0.25) is 0 Å². The molecule has 50 heavy (non-hydrogen) atoms. The monoisotopic (exact) mass is 663 g/mol. The summed E-state index contributed by atoms with van der Waals surface area (Å²) in [6, 6.07) is 44.7. The Morgan fingerprint density at radius 3 is 1.90 bits per heavy atom. The molecule has 0 atom stereocenters. The Balaban J connectivity index is 1.22. The highest BCUT2D eigenvalue weighted by atomic mass is 28.3. The summed E-state index contributed by atoms with van der Waals surface area (Å²) in [7, 11) is -1.60. The van der Waals surface area contributed by atoms with E-state index >= 15 is 0 Å². The topological polar surface area (TPSA) is 37.4 Å². The minimum Gasteiger partial charge on any atom is -0.309 e. The zero-order valence-electron chi connectivity index (χ0n) is 29.0. The number of Topliss-reactive ketones (excluding diaryl/α,β-unsaturated/α-hetero) is 2. The number of hydrogen-bond acceptors (Lipinski definition) is 3. The quantitative estimate of drug-likeness (QED) is 0.107. The predicted octanol–water partition coefficient (Wildman–Crippen LogP) is 11.3. The zero-order chi connectivity index (χ0) is 34.5. The summed E-state index contributed by atoms with van der Waals surface area (Å²) in [5.41, 5.74) is 7.89. The first-order chi connectivity index (χ1) is 24.0. The first-order valence-corrected chi connectivity index (χ1v) is 20.8. The SMILES string of the molecule is CC1(C)c2cc([Si](C)(C)C)ccc2N(c2cccc3ccccc23)c2ccc3cc(C=C4C(=O)c5cc6ccccc6cc5C4=O)ccc3c21. The van der Waals surface area contributed by atoms with Crippen molar-refractivity contribution in [2.45, 2.75) is 38.9 Å². The number of nitrogens with zero attached hydrogens (tertiary/aromatic N) is 1. The Hall–Kier alpha value is -5.58. The number of fused-ring (bicyclic) bond motifs is 7. The van der Waals surface area contributed by atoms with E-state index < -0.39 is 8.07 Å². The van der Waals surface area contributed by atoms with Crippen LogP contribution in [-0.2, 0) is 5.41 Å². The van der Waals surface area contributed by atoms with Gasteiger partial charge in [0.1, 0.15) is 0 Å². The molecule has 9 rings (SSSR count). The molecule has 242 valence electrons. The van der Waals surface area contributed by atoms with Gasteiger partial charge < -0.3 is 4.90 Å². The van der Waals surface area contributed by atoms with Crippen molar-refractivity contribution in [1.82, 2.24) is 0 Å². The second-order valence-corrected chi connectivity index (χ2v) is 20.4. The lowest BCUT2D eigenvalue weighted by molar-refractivity contribution is 0.0990. The van der Waals surface area contributed by atoms with E-state index in [2.05, 4.69) is 129 Å². The molecule has 0 radical (unpaired) electrons. The van der Waals surface area contributed by atoms with Crippen molar-refractivity contribution >= 4 is 80.3 Å². The van der Waals surface area contributed by atoms with E-state index in [1.807, 2.05) is 36.4 Å². The number of benzene rings is 7. The van der Waals surface area contributed by atoms with Crippen LogP contribution in [0.15, 0.2) is 133 Å². The molecule has 0 N–H and O–H groups in total. The number of rotatable bonds is 3. The number of ketones is 2. The molecule has 0 bridgehead atoms. The third-order valence-electron chi connectivity index (χ3n) is 10.8. The molecule has 1 aliphatic heterocycles. The van der Waals surface area contributed by atoms with Crippen LogP contribution in [0, 0.1) is 0 Å². The molecule has 7 aromatic carbocycles. The first kappa shape index (κ1) is 30.5. The van der Waals surface area contributed by atoms with Crippen molar-refractivity contribution in [3.63, 3.8) is 0 Å². The summed E-state index contributed by atoms with van der Waals surface area (Å²) in [4.78, 5) is 29.6. The zero-order valence-corrected chi connectivity index (χ0v) is 30.0. The summed E-state index contributed by atoms with van der Waals surface area (Å²) in [5, 5.41) is 8.03. The van der Waals surface area contributed by atoms with Gasteiger partial charge in [-0.1, -0.05) is 130 Å². The van der Waals surface area contributed by atoms with Crippen LogP contribution in [0.1, 0.15) is 51.3 Å². The van der Waals surface area contributed by atoms with Gasteiger partial charge in [0.15, 0.2) is 11.6 Å². The summed E-state index contributed by atoms with van der Waals surface area (Å²) in [6.07, 6.45) is 1.78. The highest BCUT2D eigenvalue weighted by Gasteiger charge is 2.40. The van der Waals surface area contributed by atoms with E-state index in [-0.39, 0.29) is 22.6 Å². The van der Waals surface area contributed by atoms with Crippen LogP contribution in [0.2, 0.25) is 19.6 Å². The number of allylic oxidation sites excluding steroid dienone is 1. The molecule has 3 nitrogen and oxygen atoms in total. The van der Waals surface area contributed by atoms with Crippen molar-refractivity contribution in [2.75, 3.05) is 4.90 Å². The Morgan fingerprint density at radius 1 is 0.560 bits per heavy atom. The van der Waals surface area contributed by atoms with Gasteiger partial charge in [-0.25, -0.2) is 0 Å². The van der Waals surface area contributed by atoms with Crippen LogP contribution in [0.3, 0.4) is 0 Å². The normalized spacial score (nSPS) is 15.1. The molecule has 0 aromatic heterocycles. The first-order valence-electron chi connectivity index (χ1n) is 17.3. The molecular weight excluding hydrogens is 627 g/mol. The van der Waals surface area contributed by atoms with Crippen molar-refractivity contribution in [3.05, 3.63) is 161 Å². The average Bonchev–Trinajstić information content (AvgIpc) is 3.33. The molecule has 0 spiro atoms. The molecule has 7 aromatic rings. The number of anilines is 3. The summed E-state index contributed by atoms with van der Waals surface area (Å²) < 4.78 is 0. The third-order valence-corrected chi connectivity index (χ3v) is 12.9. The second kappa shape index (κ2) is 10.7. The van der Waals surface area contributed by atoms with E-state index in [9.17, 15) is 9.59 Å². The van der Waals surface area contributed by atoms with Gasteiger partial charge in [-0.2, -0.15) is 0 Å². The van der Waals surface area contributed by atoms with Crippen LogP contribution in [0.4, 0.5) is 17.1 Å². The maximum absolute atomic E-state index is 13.6. The lowest BCUT2D eigenvalue weighted by Crippen LogP contribution is -2.40. The number of hydrogen-bond donors (Lipinski definition) is 0. The van der Waals surface area contributed by atoms with Crippen molar-refractivity contribution in [3.8, 4) is 0 Å². The van der Waals surface area contributed by atoms with Crippen molar-refractivity contribution in [1.29, 1.82) is 0 Å². The van der Waals surface area contributed by atoms with Crippen molar-refractivity contribution in [2.24, 2.45) is 0 Å². The van der Waals surface area contributed by atoms with E-state index in [1.165, 1.54) is 43.8 Å². The third kappa shape index (κ3) is 4.48. The predicted molar refractivity (Wildman–Crippen MR) is 212 cm³/mol. The molecule has 1 aliphatic carbocycles. The molecule has 0 unspecified atom stereocenters. The van der Waals surface area contributed by atoms with Crippen LogP contribution in [-0.4, -0.2) is 19.6 Å². The maximum atomic E-state index is 13.6. The fourth-order valence-corrected chi connectivity index (χ4v) is 9.36. The summed E-state index contributed by atoms with van der Waals surface area (Å²) in [6.45, 7) is 11.9. The van der Waals surface area contributed by atoms with Crippen molar-refractivity contribution < 1.29 is 9.59 Å². The van der Waals surface area contributed by atoms with Crippen LogP contribution >= 0.6 is 0 Å². The highest BCUT2D eigenvalue weighted by molar-refractivity contribution is 6.88. The van der Waals surface area contributed by atoms with E-state index in [4.69, 9.17) is 0 Å². The van der Waals surface area contributed by atoms with Crippen LogP contribution < -0.4 is 10.1 Å². The molecular formula is C46H37NO2Si. The summed E-state index contributed by atoms with van der Waals surface area (Å²) in [5.74, 6) is -0.411. The van der Waals surface area contributed by atoms with E-state index in [0.717, 1.165) is 27.4 Å². The number of carbonyl (C=O) groups excluding carboxylic acids is 2. The fraction of sp³-hybridized carbons (Fsp3) is 0.130. The largest absolute Gasteiger partial charge is 0.309 e. The molecule has 1 heterocycles. The van der Waals surface area contributed by atoms with Gasteiger partial charge in [-0.15, -0.1) is 0 Å². The highest BCUT2D eigenvalue weighted by Crippen LogP contribution is 2.54. The van der Waals surface area contributed by atoms with Gasteiger partial charge in [0.25, 0.3) is 0 Å². The Morgan fingerprint density at radius 2 is 1.20 bits per heavy atom. The molecule has 0 amide bonds. The van der Waals surface area contributed by atoms with Gasteiger partial charge in [0.05, 0.1) is 30.7 Å². The Kier molecular flexibility index (Phi) is 6.53. The minimum atomic E-state index is -1.60. The lowest BCUT2D eigenvalue weighted by Gasteiger charge is -2.43. The molecule has 0 saturated heterocycles. The van der Waals surface area contributed by atoms with Gasteiger partial charge in [-0.3, -0.25) is 9.59 Å². The van der Waals surface area contributed by atoms with Crippen LogP contribution in [0.5, 0.6) is 0 Å². The Labute approximate surface area is 293 Å². The maximum Gasteiger partial charge on any atom is 0.197 e. The average molecular weight is 664 g/mol. The van der Waals surface area contributed by atoms with Gasteiger partial charge >= 0.3 is 0 Å². The van der Waals surface area contributed by atoms with Gasteiger partial charge in [-0.05, 0) is 86.1 Å². The van der Waals surface area contributed by atoms with E-state index in [0.29, 0.717) is 11.1 Å². The smallest absolute Gasteiger partial charge is 0.197 e. The minimum absolute atomic E-state index is 0.206. The van der Waals surface area contributed by atoms with Crippen LogP contribution in [0.25, 0.3) is 38.4 Å². The second-order valence-electron chi connectivity index (χ2n) is 15.3. The van der Waals surface area contributed by atoms with Gasteiger partial charge in [0, 0.05) is 21.9 Å². The fourth-order valence-electron chi connectivity index (χ4n) is 8.20. The molecule has 0 saturated carbocycles. The Bertz CT molecular complexity index is 2600. The van der Waals surface area contributed by atoms with E-state index in [1.54, 1.807) is 6.08 Å². The lowest BCUT2D eigenvalue weighted by atomic mass is 9.71. The number of carbonyl (C=O) groups is 2.